The molecule has 5 rings (SSSR count). The Morgan fingerprint density at radius 3 is 2.56 bits per heavy atom. The first kappa shape index (κ1) is 23.0. The minimum Gasteiger partial charge on any atom is -0.389 e. The average molecular weight is 461 g/mol. The first-order valence-corrected chi connectivity index (χ1v) is 12.4. The molecule has 180 valence electrons. The van der Waals surface area contributed by atoms with Crippen LogP contribution in [0.2, 0.25) is 0 Å². The van der Waals surface area contributed by atoms with Gasteiger partial charge in [0, 0.05) is 35.5 Å². The van der Waals surface area contributed by atoms with Gasteiger partial charge in [-0.2, -0.15) is 5.10 Å². The van der Waals surface area contributed by atoms with E-state index in [4.69, 9.17) is 4.98 Å². The van der Waals surface area contributed by atoms with Crippen molar-refractivity contribution in [1.29, 1.82) is 0 Å². The van der Waals surface area contributed by atoms with Gasteiger partial charge in [0.1, 0.15) is 6.33 Å². The number of piperidine rings is 1. The zero-order chi connectivity index (χ0) is 24.2. The van der Waals surface area contributed by atoms with Crippen LogP contribution in [-0.2, 0) is 0 Å². The number of aromatic amines is 1. The van der Waals surface area contributed by atoms with Crippen LogP contribution in [0.15, 0.2) is 24.7 Å². The number of hydrogen-bond acceptors (Lipinski definition) is 5. The van der Waals surface area contributed by atoms with Crippen LogP contribution in [-0.4, -0.2) is 59.8 Å². The molecule has 2 N–H and O–H groups in total. The smallest absolute Gasteiger partial charge is 0.158 e. The molecule has 0 aliphatic carbocycles. The van der Waals surface area contributed by atoms with Crippen LogP contribution in [0.5, 0.6) is 0 Å². The summed E-state index contributed by atoms with van der Waals surface area (Å²) < 4.78 is 1.85. The number of H-pyrrole nitrogens is 1. The zero-order valence-electron chi connectivity index (χ0n) is 21.2. The number of rotatable bonds is 5. The Morgan fingerprint density at radius 1 is 1.15 bits per heavy atom. The van der Waals surface area contributed by atoms with Gasteiger partial charge in [0.15, 0.2) is 5.65 Å². The molecular weight excluding hydrogens is 424 g/mol. The van der Waals surface area contributed by atoms with Crippen LogP contribution in [0.1, 0.15) is 74.8 Å². The van der Waals surface area contributed by atoms with Crippen LogP contribution in [0.25, 0.3) is 27.9 Å². The van der Waals surface area contributed by atoms with Crippen molar-refractivity contribution >= 4 is 16.7 Å². The quantitative estimate of drug-likeness (QED) is 0.440. The fourth-order valence-electron chi connectivity index (χ4n) is 5.59. The van der Waals surface area contributed by atoms with Crippen molar-refractivity contribution in [3.8, 4) is 11.3 Å². The normalized spacial score (nSPS) is 16.4. The summed E-state index contributed by atoms with van der Waals surface area (Å²) in [6.45, 7) is 15.2. The third-order valence-electron chi connectivity index (χ3n) is 7.05. The Balaban J connectivity index is 1.53. The number of nitrogens with zero attached hydrogens (tertiary/aromatic N) is 5. The van der Waals surface area contributed by atoms with Gasteiger partial charge in [-0.1, -0.05) is 13.8 Å². The Bertz CT molecular complexity index is 1330. The van der Waals surface area contributed by atoms with Gasteiger partial charge in [-0.05, 0) is 82.8 Å². The SMILES string of the molecule is Cc1cc2[nH]c(-c3cc(C)c4ncnn4c3)c(C(C)C)c2nc1C1CCN(CC(C)(C)O)CC1. The molecule has 1 aliphatic heterocycles. The molecule has 0 bridgehead atoms. The van der Waals surface area contributed by atoms with E-state index in [1.54, 1.807) is 6.33 Å². The molecule has 5 heterocycles. The van der Waals surface area contributed by atoms with Gasteiger partial charge >= 0.3 is 0 Å². The second-order valence-electron chi connectivity index (χ2n) is 11.0. The van der Waals surface area contributed by atoms with E-state index in [0.29, 0.717) is 11.8 Å². The maximum Gasteiger partial charge on any atom is 0.158 e. The van der Waals surface area contributed by atoms with Crippen molar-refractivity contribution in [2.24, 2.45) is 0 Å². The highest BCUT2D eigenvalue weighted by Crippen LogP contribution is 2.38. The molecule has 0 amide bonds. The molecule has 4 aromatic rings. The summed E-state index contributed by atoms with van der Waals surface area (Å²) in [6.07, 6.45) is 5.81. The van der Waals surface area contributed by atoms with Crippen molar-refractivity contribution in [3.63, 3.8) is 0 Å². The first-order chi connectivity index (χ1) is 16.1. The number of aliphatic hydroxyl groups is 1. The van der Waals surface area contributed by atoms with Crippen molar-refractivity contribution in [2.45, 2.75) is 71.8 Å². The van der Waals surface area contributed by atoms with Crippen molar-refractivity contribution < 1.29 is 5.11 Å². The third kappa shape index (κ3) is 4.23. The van der Waals surface area contributed by atoms with Crippen LogP contribution >= 0.6 is 0 Å². The lowest BCUT2D eigenvalue weighted by Crippen LogP contribution is -2.42. The summed E-state index contributed by atoms with van der Waals surface area (Å²) >= 11 is 0. The maximum absolute atomic E-state index is 10.2. The van der Waals surface area contributed by atoms with Crippen LogP contribution in [0.3, 0.4) is 0 Å². The summed E-state index contributed by atoms with van der Waals surface area (Å²) in [5, 5.41) is 14.6. The number of aromatic nitrogens is 5. The molecule has 7 nitrogen and oxygen atoms in total. The molecule has 34 heavy (non-hydrogen) atoms. The Kier molecular flexibility index (Phi) is 5.73. The molecule has 0 radical (unpaired) electrons. The molecule has 0 aromatic carbocycles. The summed E-state index contributed by atoms with van der Waals surface area (Å²) in [6, 6.07) is 4.46. The highest BCUT2D eigenvalue weighted by Gasteiger charge is 2.27. The molecule has 0 saturated carbocycles. The molecule has 0 spiro atoms. The monoisotopic (exact) mass is 460 g/mol. The summed E-state index contributed by atoms with van der Waals surface area (Å²) in [5.41, 5.74) is 9.48. The lowest BCUT2D eigenvalue weighted by atomic mass is 9.89. The van der Waals surface area contributed by atoms with Gasteiger partial charge in [-0.15, -0.1) is 0 Å². The molecule has 4 aromatic heterocycles. The number of aryl methyl sites for hydroxylation is 2. The zero-order valence-corrected chi connectivity index (χ0v) is 21.2. The Morgan fingerprint density at radius 2 is 1.88 bits per heavy atom. The largest absolute Gasteiger partial charge is 0.389 e. The van der Waals surface area contributed by atoms with Gasteiger partial charge < -0.3 is 15.0 Å². The van der Waals surface area contributed by atoms with E-state index in [1.165, 1.54) is 16.8 Å². The van der Waals surface area contributed by atoms with E-state index in [9.17, 15) is 5.11 Å². The van der Waals surface area contributed by atoms with E-state index >= 15 is 0 Å². The average Bonchev–Trinajstić information content (AvgIpc) is 3.37. The van der Waals surface area contributed by atoms with Crippen molar-refractivity contribution in [1.82, 2.24) is 29.5 Å². The van der Waals surface area contributed by atoms with E-state index in [0.717, 1.165) is 66.0 Å². The number of nitrogens with one attached hydrogen (secondary N) is 1. The standard InChI is InChI=1S/C27H36N6O/c1-16(2)22-24(20-11-18(4)26-28-15-29-33(26)13-20)30-21-12-17(3)23(31-25(21)22)19-7-9-32(10-8-19)14-27(5,6)34/h11-13,15-16,19,30,34H,7-10,14H2,1-6H3. The van der Waals surface area contributed by atoms with Gasteiger partial charge in [-0.25, -0.2) is 9.50 Å². The molecular formula is C27H36N6O. The molecule has 1 aliphatic rings. The lowest BCUT2D eigenvalue weighted by Gasteiger charge is -2.35. The van der Waals surface area contributed by atoms with Crippen molar-refractivity contribution in [3.05, 3.63) is 47.0 Å². The molecule has 0 unspecified atom stereocenters. The highest BCUT2D eigenvalue weighted by molar-refractivity contribution is 5.89. The highest BCUT2D eigenvalue weighted by atomic mass is 16.3. The van der Waals surface area contributed by atoms with Crippen LogP contribution in [0, 0.1) is 13.8 Å². The third-order valence-corrected chi connectivity index (χ3v) is 7.05. The Hall–Kier alpha value is -2.77. The maximum atomic E-state index is 10.2. The minimum atomic E-state index is -0.652. The molecule has 1 saturated heterocycles. The van der Waals surface area contributed by atoms with E-state index < -0.39 is 5.60 Å². The molecule has 1 fully saturated rings. The fraction of sp³-hybridized carbons (Fsp3) is 0.519. The van der Waals surface area contributed by atoms with Crippen LogP contribution in [0.4, 0.5) is 0 Å². The summed E-state index contributed by atoms with van der Waals surface area (Å²) in [5.74, 6) is 0.779. The van der Waals surface area contributed by atoms with E-state index in [1.807, 2.05) is 18.4 Å². The second kappa shape index (κ2) is 8.47. The predicted octanol–water partition coefficient (Wildman–Crippen LogP) is 4.96. The van der Waals surface area contributed by atoms with E-state index in [-0.39, 0.29) is 0 Å². The van der Waals surface area contributed by atoms with Crippen molar-refractivity contribution in [2.75, 3.05) is 19.6 Å². The molecule has 0 atom stereocenters. The van der Waals surface area contributed by atoms with Gasteiger partial charge in [0.2, 0.25) is 0 Å². The Labute approximate surface area is 201 Å². The summed E-state index contributed by atoms with van der Waals surface area (Å²) in [7, 11) is 0. The molecule has 7 heteroatoms. The predicted molar refractivity (Wildman–Crippen MR) is 136 cm³/mol. The second-order valence-corrected chi connectivity index (χ2v) is 11.0. The van der Waals surface area contributed by atoms with Gasteiger partial charge in [0.25, 0.3) is 0 Å². The first-order valence-electron chi connectivity index (χ1n) is 12.4. The van der Waals surface area contributed by atoms with Gasteiger partial charge in [0.05, 0.1) is 22.3 Å². The topological polar surface area (TPSA) is 82.3 Å². The van der Waals surface area contributed by atoms with Crippen LogP contribution < -0.4 is 0 Å². The number of likely N-dealkylation sites (tertiary alicyclic amines) is 1. The minimum absolute atomic E-state index is 0.326. The number of fused-ring (bicyclic) bond motifs is 2. The summed E-state index contributed by atoms with van der Waals surface area (Å²) in [4.78, 5) is 15.7. The van der Waals surface area contributed by atoms with Gasteiger partial charge in [-0.3, -0.25) is 4.98 Å². The fourth-order valence-corrected chi connectivity index (χ4v) is 5.59. The lowest BCUT2D eigenvalue weighted by molar-refractivity contribution is 0.0280. The number of β-amino-alcohol motifs (C(OH)–C–C–N with tert-alkyl or cyclic N) is 1. The number of pyridine rings is 2. The van der Waals surface area contributed by atoms with E-state index in [2.05, 4.69) is 66.0 Å². The number of hydrogen-bond donors (Lipinski definition) is 2.